The quantitative estimate of drug-likeness (QED) is 0.430. The Morgan fingerprint density at radius 3 is 2.11 bits per heavy atom. The van der Waals surface area contributed by atoms with E-state index in [0.29, 0.717) is 46.1 Å². The van der Waals surface area contributed by atoms with Crippen molar-refractivity contribution in [2.75, 3.05) is 20.8 Å². The van der Waals surface area contributed by atoms with Gasteiger partial charge in [-0.05, 0) is 53.9 Å². The standard InChI is InChI=1S/C28H28N2O6/c1-4-13-36-24-12-9-18(15-25(24)35-3)16-29-26(31)22-14-19(10-11-23(22)34-2)17-30-27(32)20-7-5-6-8-21(20)28(30)33/h5-12,14-15H,4,13,16-17H2,1-3H3,(H,29,31). The van der Waals surface area contributed by atoms with Crippen LogP contribution >= 0.6 is 0 Å². The van der Waals surface area contributed by atoms with Crippen molar-refractivity contribution in [2.45, 2.75) is 26.4 Å². The Labute approximate surface area is 209 Å². The molecule has 36 heavy (non-hydrogen) atoms. The molecule has 3 aromatic carbocycles. The molecule has 186 valence electrons. The molecule has 0 fully saturated rings. The fourth-order valence-electron chi connectivity index (χ4n) is 4.03. The van der Waals surface area contributed by atoms with Crippen LogP contribution in [0.5, 0.6) is 17.2 Å². The van der Waals surface area contributed by atoms with Gasteiger partial charge in [-0.3, -0.25) is 19.3 Å². The Bertz CT molecular complexity index is 1270. The number of nitrogens with zero attached hydrogens (tertiary/aromatic N) is 1. The number of methoxy groups -OCH3 is 2. The van der Waals surface area contributed by atoms with Crippen LogP contribution in [0.15, 0.2) is 60.7 Å². The normalized spacial score (nSPS) is 12.4. The summed E-state index contributed by atoms with van der Waals surface area (Å²) in [4.78, 5) is 39.7. The van der Waals surface area contributed by atoms with Gasteiger partial charge in [-0.1, -0.05) is 31.2 Å². The molecule has 8 nitrogen and oxygen atoms in total. The minimum absolute atomic E-state index is 0.0487. The number of ether oxygens (including phenoxy) is 3. The highest BCUT2D eigenvalue weighted by atomic mass is 16.5. The van der Waals surface area contributed by atoms with Crippen LogP contribution in [0, 0.1) is 0 Å². The van der Waals surface area contributed by atoms with Crippen LogP contribution in [0.25, 0.3) is 0 Å². The van der Waals surface area contributed by atoms with Crippen LogP contribution in [0.1, 0.15) is 55.5 Å². The Kier molecular flexibility index (Phi) is 7.53. The van der Waals surface area contributed by atoms with Gasteiger partial charge in [-0.2, -0.15) is 0 Å². The number of hydrogen-bond acceptors (Lipinski definition) is 6. The Hall–Kier alpha value is -4.33. The van der Waals surface area contributed by atoms with E-state index in [9.17, 15) is 14.4 Å². The van der Waals surface area contributed by atoms with E-state index < -0.39 is 0 Å². The largest absolute Gasteiger partial charge is 0.496 e. The lowest BCUT2D eigenvalue weighted by atomic mass is 10.1. The predicted molar refractivity (Wildman–Crippen MR) is 134 cm³/mol. The highest BCUT2D eigenvalue weighted by molar-refractivity contribution is 6.21. The molecule has 0 aromatic heterocycles. The summed E-state index contributed by atoms with van der Waals surface area (Å²) in [5.74, 6) is 0.587. The fraction of sp³-hybridized carbons (Fsp3) is 0.250. The van der Waals surface area contributed by atoms with Gasteiger partial charge in [0.1, 0.15) is 5.75 Å². The summed E-state index contributed by atoms with van der Waals surface area (Å²) in [7, 11) is 3.05. The van der Waals surface area contributed by atoms with Crippen LogP contribution in [0.3, 0.4) is 0 Å². The number of rotatable bonds is 10. The van der Waals surface area contributed by atoms with Crippen molar-refractivity contribution in [3.8, 4) is 17.2 Å². The molecule has 1 aliphatic rings. The van der Waals surface area contributed by atoms with Gasteiger partial charge in [0.2, 0.25) is 0 Å². The summed E-state index contributed by atoms with van der Waals surface area (Å²) in [5.41, 5.74) is 2.55. The lowest BCUT2D eigenvalue weighted by molar-refractivity contribution is 0.0642. The van der Waals surface area contributed by atoms with Gasteiger partial charge in [0.05, 0.1) is 44.1 Å². The molecule has 0 bridgehead atoms. The molecule has 0 radical (unpaired) electrons. The van der Waals surface area contributed by atoms with E-state index in [0.717, 1.165) is 12.0 Å². The van der Waals surface area contributed by atoms with Crippen molar-refractivity contribution >= 4 is 17.7 Å². The summed E-state index contributed by atoms with van der Waals surface area (Å²) >= 11 is 0. The molecule has 1 heterocycles. The molecular weight excluding hydrogens is 460 g/mol. The second-order valence-corrected chi connectivity index (χ2v) is 8.29. The number of fused-ring (bicyclic) bond motifs is 1. The van der Waals surface area contributed by atoms with Gasteiger partial charge in [0, 0.05) is 6.54 Å². The second kappa shape index (κ2) is 10.9. The molecule has 4 rings (SSSR count). The van der Waals surface area contributed by atoms with E-state index in [-0.39, 0.29) is 30.8 Å². The first-order chi connectivity index (χ1) is 17.5. The van der Waals surface area contributed by atoms with Crippen molar-refractivity contribution in [2.24, 2.45) is 0 Å². The van der Waals surface area contributed by atoms with Crippen molar-refractivity contribution < 1.29 is 28.6 Å². The number of nitrogens with one attached hydrogen (secondary N) is 1. The zero-order valence-corrected chi connectivity index (χ0v) is 20.5. The smallest absolute Gasteiger partial charge is 0.261 e. The lowest BCUT2D eigenvalue weighted by Gasteiger charge is -2.16. The van der Waals surface area contributed by atoms with Crippen LogP contribution in [-0.2, 0) is 13.1 Å². The number of hydrogen-bond donors (Lipinski definition) is 1. The van der Waals surface area contributed by atoms with E-state index in [2.05, 4.69) is 5.32 Å². The topological polar surface area (TPSA) is 94.2 Å². The number of benzene rings is 3. The number of carbonyl (C=O) groups is 3. The van der Waals surface area contributed by atoms with Crippen molar-refractivity contribution in [1.82, 2.24) is 10.2 Å². The monoisotopic (exact) mass is 488 g/mol. The summed E-state index contributed by atoms with van der Waals surface area (Å²) in [5, 5.41) is 2.89. The minimum atomic E-state index is -0.349. The zero-order valence-electron chi connectivity index (χ0n) is 20.5. The molecule has 8 heteroatoms. The summed E-state index contributed by atoms with van der Waals surface area (Å²) < 4.78 is 16.5. The first-order valence-corrected chi connectivity index (χ1v) is 11.7. The molecular formula is C28H28N2O6. The fourth-order valence-corrected chi connectivity index (χ4v) is 4.03. The summed E-state index contributed by atoms with van der Waals surface area (Å²) in [6.45, 7) is 2.92. The molecule has 3 aromatic rings. The first-order valence-electron chi connectivity index (χ1n) is 11.7. The van der Waals surface area contributed by atoms with E-state index in [1.807, 2.05) is 25.1 Å². The van der Waals surface area contributed by atoms with E-state index in [4.69, 9.17) is 14.2 Å². The van der Waals surface area contributed by atoms with Gasteiger partial charge in [0.15, 0.2) is 11.5 Å². The molecule has 0 aliphatic carbocycles. The predicted octanol–water partition coefficient (Wildman–Crippen LogP) is 4.22. The average Bonchev–Trinajstić information content (AvgIpc) is 3.15. The number of amides is 3. The molecule has 1 aliphatic heterocycles. The third-order valence-corrected chi connectivity index (χ3v) is 5.87. The maximum Gasteiger partial charge on any atom is 0.261 e. The molecule has 0 atom stereocenters. The van der Waals surface area contributed by atoms with Gasteiger partial charge in [0.25, 0.3) is 17.7 Å². The third kappa shape index (κ3) is 5.02. The van der Waals surface area contributed by atoms with Crippen LogP contribution in [0.2, 0.25) is 0 Å². The SMILES string of the molecule is CCCOc1ccc(CNC(=O)c2cc(CN3C(=O)c4ccccc4C3=O)ccc2OC)cc1OC. The molecule has 0 saturated carbocycles. The zero-order chi connectivity index (χ0) is 25.7. The minimum Gasteiger partial charge on any atom is -0.496 e. The van der Waals surface area contributed by atoms with E-state index in [1.54, 1.807) is 49.6 Å². The summed E-state index contributed by atoms with van der Waals surface area (Å²) in [6.07, 6.45) is 0.884. The van der Waals surface area contributed by atoms with Gasteiger partial charge < -0.3 is 19.5 Å². The Morgan fingerprint density at radius 1 is 0.833 bits per heavy atom. The van der Waals surface area contributed by atoms with Gasteiger partial charge in [-0.15, -0.1) is 0 Å². The molecule has 1 N–H and O–H groups in total. The second-order valence-electron chi connectivity index (χ2n) is 8.29. The molecule has 0 unspecified atom stereocenters. The maximum atomic E-state index is 13.1. The highest BCUT2D eigenvalue weighted by Crippen LogP contribution is 2.29. The molecule has 0 spiro atoms. The number of imide groups is 1. The van der Waals surface area contributed by atoms with Crippen LogP contribution in [0.4, 0.5) is 0 Å². The van der Waals surface area contributed by atoms with Gasteiger partial charge in [-0.25, -0.2) is 0 Å². The lowest BCUT2D eigenvalue weighted by Crippen LogP contribution is -2.29. The van der Waals surface area contributed by atoms with Crippen LogP contribution in [-0.4, -0.2) is 43.4 Å². The van der Waals surface area contributed by atoms with E-state index >= 15 is 0 Å². The van der Waals surface area contributed by atoms with Crippen molar-refractivity contribution in [3.63, 3.8) is 0 Å². The Balaban J connectivity index is 1.48. The van der Waals surface area contributed by atoms with Gasteiger partial charge >= 0.3 is 0 Å². The molecule has 0 saturated heterocycles. The number of carbonyl (C=O) groups excluding carboxylic acids is 3. The van der Waals surface area contributed by atoms with Crippen LogP contribution < -0.4 is 19.5 Å². The van der Waals surface area contributed by atoms with E-state index in [1.165, 1.54) is 12.0 Å². The Morgan fingerprint density at radius 2 is 1.47 bits per heavy atom. The summed E-state index contributed by atoms with van der Waals surface area (Å²) in [6, 6.07) is 17.3. The highest BCUT2D eigenvalue weighted by Gasteiger charge is 2.35. The molecule has 3 amide bonds. The van der Waals surface area contributed by atoms with Crippen molar-refractivity contribution in [1.29, 1.82) is 0 Å². The average molecular weight is 489 g/mol. The maximum absolute atomic E-state index is 13.1. The first kappa shape index (κ1) is 24.8. The third-order valence-electron chi connectivity index (χ3n) is 5.87. The van der Waals surface area contributed by atoms with Crippen molar-refractivity contribution in [3.05, 3.63) is 88.5 Å².